The number of anilines is 1. The lowest BCUT2D eigenvalue weighted by molar-refractivity contribution is -0.139. The Morgan fingerprint density at radius 2 is 1.60 bits per heavy atom. The van der Waals surface area contributed by atoms with Gasteiger partial charge in [-0.15, -0.1) is 0 Å². The van der Waals surface area contributed by atoms with Crippen LogP contribution in [0, 0.1) is 0 Å². The number of nitrogens with zero attached hydrogens (tertiary/aromatic N) is 2. The molecule has 2 aromatic rings. The zero-order valence-corrected chi connectivity index (χ0v) is 23.0. The van der Waals surface area contributed by atoms with E-state index in [0.29, 0.717) is 27.8 Å². The van der Waals surface area contributed by atoms with Crippen LogP contribution in [0.1, 0.15) is 51.2 Å². The molecule has 0 radical (unpaired) electrons. The van der Waals surface area contributed by atoms with Crippen LogP contribution in [0.3, 0.4) is 0 Å². The van der Waals surface area contributed by atoms with E-state index in [4.69, 9.17) is 23.2 Å². The van der Waals surface area contributed by atoms with Crippen molar-refractivity contribution in [1.29, 1.82) is 0 Å². The van der Waals surface area contributed by atoms with Crippen molar-refractivity contribution in [3.05, 3.63) is 63.6 Å². The maximum Gasteiger partial charge on any atom is 0.244 e. The summed E-state index contributed by atoms with van der Waals surface area (Å²) in [4.78, 5) is 27.8. The Bertz CT molecular complexity index is 1130. The number of halogens is 2. The van der Waals surface area contributed by atoms with Gasteiger partial charge in [-0.1, -0.05) is 68.2 Å². The van der Waals surface area contributed by atoms with Crippen molar-refractivity contribution >= 4 is 50.7 Å². The Balaban J connectivity index is 2.50. The van der Waals surface area contributed by atoms with E-state index in [2.05, 4.69) is 5.32 Å². The molecule has 0 aliphatic heterocycles. The largest absolute Gasteiger partial charge is 0.354 e. The van der Waals surface area contributed by atoms with Crippen LogP contribution in [0.15, 0.2) is 42.5 Å². The topological polar surface area (TPSA) is 86.8 Å². The summed E-state index contributed by atoms with van der Waals surface area (Å²) in [6.45, 7) is 7.35. The summed E-state index contributed by atoms with van der Waals surface area (Å²) in [5.41, 5.74) is 1.70. The molecule has 0 saturated heterocycles. The number of amides is 2. The molecule has 2 aromatic carbocycles. The maximum atomic E-state index is 13.7. The highest BCUT2D eigenvalue weighted by Gasteiger charge is 2.31. The highest BCUT2D eigenvalue weighted by atomic mass is 35.5. The molecule has 35 heavy (non-hydrogen) atoms. The van der Waals surface area contributed by atoms with Gasteiger partial charge in [0.2, 0.25) is 21.8 Å². The number of benzene rings is 2. The number of rotatable bonds is 11. The van der Waals surface area contributed by atoms with E-state index >= 15 is 0 Å². The normalized spacial score (nSPS) is 12.3. The van der Waals surface area contributed by atoms with Gasteiger partial charge in [0.25, 0.3) is 0 Å². The average molecular weight is 543 g/mol. The van der Waals surface area contributed by atoms with Crippen molar-refractivity contribution in [2.45, 2.75) is 52.6 Å². The standard InChI is InChI=1S/C25H33Cl2N3O4S/c1-6-14-28-25(32)18(4)29(15-20-21(26)11-9-12-22(20)27)24(31)16-30(35(5,33)34)23-13-8-7-10-19(23)17(2)3/h7-13,17-18H,6,14-16H2,1-5H3,(H,28,32). The molecule has 1 atom stereocenters. The quantitative estimate of drug-likeness (QED) is 0.441. The number of hydrogen-bond acceptors (Lipinski definition) is 4. The minimum atomic E-state index is -3.82. The van der Waals surface area contributed by atoms with Crippen molar-refractivity contribution < 1.29 is 18.0 Å². The highest BCUT2D eigenvalue weighted by Crippen LogP contribution is 2.30. The van der Waals surface area contributed by atoms with Gasteiger partial charge in [-0.25, -0.2) is 8.42 Å². The fourth-order valence-electron chi connectivity index (χ4n) is 3.63. The van der Waals surface area contributed by atoms with E-state index in [1.54, 1.807) is 37.3 Å². The van der Waals surface area contributed by atoms with Crippen LogP contribution in [-0.2, 0) is 26.2 Å². The Kier molecular flexibility index (Phi) is 10.4. The van der Waals surface area contributed by atoms with E-state index in [0.717, 1.165) is 22.5 Å². The molecule has 1 N–H and O–H groups in total. The molecule has 7 nitrogen and oxygen atoms in total. The lowest BCUT2D eigenvalue weighted by Crippen LogP contribution is -2.51. The first-order valence-electron chi connectivity index (χ1n) is 11.4. The number of sulfonamides is 1. The smallest absolute Gasteiger partial charge is 0.244 e. The van der Waals surface area contributed by atoms with Gasteiger partial charge in [0, 0.05) is 28.7 Å². The van der Waals surface area contributed by atoms with E-state index in [1.807, 2.05) is 32.9 Å². The van der Waals surface area contributed by atoms with Crippen molar-refractivity contribution in [1.82, 2.24) is 10.2 Å². The van der Waals surface area contributed by atoms with E-state index < -0.39 is 28.5 Å². The second-order valence-corrected chi connectivity index (χ2v) is 11.4. The molecule has 0 aromatic heterocycles. The Labute approximate surface area is 218 Å². The lowest BCUT2D eigenvalue weighted by Gasteiger charge is -2.32. The van der Waals surface area contributed by atoms with E-state index in [9.17, 15) is 18.0 Å². The highest BCUT2D eigenvalue weighted by molar-refractivity contribution is 7.92. The molecular weight excluding hydrogens is 509 g/mol. The van der Waals surface area contributed by atoms with Crippen molar-refractivity contribution in [2.24, 2.45) is 0 Å². The molecule has 0 bridgehead atoms. The minimum absolute atomic E-state index is 0.0299. The summed E-state index contributed by atoms with van der Waals surface area (Å²) in [5, 5.41) is 3.49. The van der Waals surface area contributed by atoms with Crippen molar-refractivity contribution in [2.75, 3.05) is 23.7 Å². The van der Waals surface area contributed by atoms with Crippen LogP contribution >= 0.6 is 23.2 Å². The molecule has 2 amide bonds. The van der Waals surface area contributed by atoms with Crippen LogP contribution < -0.4 is 9.62 Å². The molecule has 0 aliphatic carbocycles. The number of para-hydroxylation sites is 1. The zero-order valence-electron chi connectivity index (χ0n) is 20.7. The van der Waals surface area contributed by atoms with Gasteiger partial charge < -0.3 is 10.2 Å². The van der Waals surface area contributed by atoms with Gasteiger partial charge in [-0.05, 0) is 43.0 Å². The average Bonchev–Trinajstić information content (AvgIpc) is 2.79. The van der Waals surface area contributed by atoms with Crippen LogP contribution in [-0.4, -0.2) is 50.5 Å². The Morgan fingerprint density at radius 1 is 1.00 bits per heavy atom. The molecule has 1 unspecified atom stereocenters. The monoisotopic (exact) mass is 541 g/mol. The van der Waals surface area contributed by atoms with E-state index in [-0.39, 0.29) is 18.4 Å². The first-order chi connectivity index (χ1) is 16.4. The number of hydrogen-bond donors (Lipinski definition) is 1. The van der Waals surface area contributed by atoms with Crippen LogP contribution in [0.4, 0.5) is 5.69 Å². The number of carbonyl (C=O) groups excluding carboxylic acids is 2. The number of nitrogens with one attached hydrogen (secondary N) is 1. The third kappa shape index (κ3) is 7.59. The molecule has 0 spiro atoms. The summed E-state index contributed by atoms with van der Waals surface area (Å²) in [6.07, 6.45) is 1.79. The predicted octanol–water partition coefficient (Wildman–Crippen LogP) is 4.83. The fraction of sp³-hybridized carbons (Fsp3) is 0.440. The summed E-state index contributed by atoms with van der Waals surface area (Å²) in [7, 11) is -3.82. The van der Waals surface area contributed by atoms with Crippen LogP contribution in [0.2, 0.25) is 10.0 Å². The first-order valence-corrected chi connectivity index (χ1v) is 14.1. The van der Waals surface area contributed by atoms with Gasteiger partial charge >= 0.3 is 0 Å². The molecule has 10 heteroatoms. The first kappa shape index (κ1) is 28.9. The molecule has 0 aliphatic rings. The van der Waals surface area contributed by atoms with Gasteiger partial charge in [0.15, 0.2) is 0 Å². The number of carbonyl (C=O) groups is 2. The summed E-state index contributed by atoms with van der Waals surface area (Å²) in [6, 6.07) is 11.2. The summed E-state index contributed by atoms with van der Waals surface area (Å²) < 4.78 is 26.7. The molecule has 0 saturated carbocycles. The fourth-order valence-corrected chi connectivity index (χ4v) is 5.02. The van der Waals surface area contributed by atoms with Crippen molar-refractivity contribution in [3.8, 4) is 0 Å². The Morgan fingerprint density at radius 3 is 2.14 bits per heavy atom. The van der Waals surface area contributed by atoms with Gasteiger partial charge in [0.05, 0.1) is 11.9 Å². The second kappa shape index (κ2) is 12.6. The molecule has 0 heterocycles. The lowest BCUT2D eigenvalue weighted by atomic mass is 10.0. The Hall–Kier alpha value is -2.29. The van der Waals surface area contributed by atoms with E-state index in [1.165, 1.54) is 4.90 Å². The summed E-state index contributed by atoms with van der Waals surface area (Å²) in [5.74, 6) is -0.872. The van der Waals surface area contributed by atoms with Gasteiger partial charge in [0.1, 0.15) is 12.6 Å². The van der Waals surface area contributed by atoms with Gasteiger partial charge in [-0.2, -0.15) is 0 Å². The summed E-state index contributed by atoms with van der Waals surface area (Å²) >= 11 is 12.7. The third-order valence-corrected chi connectivity index (χ3v) is 7.45. The maximum absolute atomic E-state index is 13.7. The zero-order chi connectivity index (χ0) is 26.3. The molecule has 0 fully saturated rings. The van der Waals surface area contributed by atoms with Crippen molar-refractivity contribution in [3.63, 3.8) is 0 Å². The third-order valence-electron chi connectivity index (χ3n) is 5.61. The predicted molar refractivity (Wildman–Crippen MR) is 142 cm³/mol. The molecular formula is C25H33Cl2N3O4S. The molecule has 2 rings (SSSR count). The van der Waals surface area contributed by atoms with Crippen LogP contribution in [0.5, 0.6) is 0 Å². The van der Waals surface area contributed by atoms with Crippen LogP contribution in [0.25, 0.3) is 0 Å². The molecule has 192 valence electrons. The minimum Gasteiger partial charge on any atom is -0.354 e. The SMILES string of the molecule is CCCNC(=O)C(C)N(Cc1c(Cl)cccc1Cl)C(=O)CN(c1ccccc1C(C)C)S(C)(=O)=O. The second-order valence-electron chi connectivity index (χ2n) is 8.67. The van der Waals surface area contributed by atoms with Gasteiger partial charge in [-0.3, -0.25) is 13.9 Å².